The van der Waals surface area contributed by atoms with Gasteiger partial charge in [-0.15, -0.1) is 0 Å². The van der Waals surface area contributed by atoms with Gasteiger partial charge in [0.25, 0.3) is 0 Å². The number of unbranched alkanes of at least 4 members (excludes halogenated alkanes) is 3. The molecule has 11 heavy (non-hydrogen) atoms. The van der Waals surface area contributed by atoms with Gasteiger partial charge in [-0.1, -0.05) is 52.9 Å². The predicted molar refractivity (Wildman–Crippen MR) is 53.7 cm³/mol. The van der Waals surface area contributed by atoms with Gasteiger partial charge in [0.05, 0.1) is 0 Å². The first-order valence-electron chi connectivity index (χ1n) is 4.85. The van der Waals surface area contributed by atoms with Crippen LogP contribution < -0.4 is 5.73 Å². The zero-order valence-corrected chi connectivity index (χ0v) is 8.69. The van der Waals surface area contributed by atoms with Crippen molar-refractivity contribution in [3.05, 3.63) is 0 Å². The van der Waals surface area contributed by atoms with E-state index in [0.717, 1.165) is 5.92 Å². The number of nitrogens with two attached hydrogens (primary N) is 1. The predicted octanol–water partition coefficient (Wildman–Crippen LogP) is 3.19. The van der Waals surface area contributed by atoms with Crippen LogP contribution in [0.25, 0.3) is 0 Å². The molecule has 0 atom stereocenters. The molecule has 1 heteroatoms. The third-order valence-corrected chi connectivity index (χ3v) is 1.64. The van der Waals surface area contributed by atoms with E-state index in [4.69, 9.17) is 0 Å². The normalized spacial score (nSPS) is 9.27. The van der Waals surface area contributed by atoms with Gasteiger partial charge in [-0.05, 0) is 13.0 Å². The van der Waals surface area contributed by atoms with Gasteiger partial charge < -0.3 is 5.73 Å². The van der Waals surface area contributed by atoms with Crippen LogP contribution in [0.2, 0.25) is 0 Å². The SMILES string of the molecule is CCCCCCC(C)C.CN. The molecule has 0 saturated carbocycles. The summed E-state index contributed by atoms with van der Waals surface area (Å²) in [6, 6.07) is 0. The number of rotatable bonds is 5. The summed E-state index contributed by atoms with van der Waals surface area (Å²) in [7, 11) is 1.50. The van der Waals surface area contributed by atoms with Gasteiger partial charge in [0, 0.05) is 0 Å². The fourth-order valence-electron chi connectivity index (χ4n) is 0.979. The largest absolute Gasteiger partial charge is 0.333 e. The lowest BCUT2D eigenvalue weighted by Crippen LogP contribution is -1.86. The van der Waals surface area contributed by atoms with Gasteiger partial charge in [0.1, 0.15) is 0 Å². The molecule has 0 rings (SSSR count). The highest BCUT2D eigenvalue weighted by atomic mass is 14.4. The monoisotopic (exact) mass is 159 g/mol. The van der Waals surface area contributed by atoms with Gasteiger partial charge in [-0.3, -0.25) is 0 Å². The molecule has 0 aromatic heterocycles. The second-order valence-corrected chi connectivity index (χ2v) is 3.24. The van der Waals surface area contributed by atoms with Crippen molar-refractivity contribution in [2.45, 2.75) is 52.9 Å². The molecule has 0 aromatic carbocycles. The first kappa shape index (κ1) is 13.5. The van der Waals surface area contributed by atoms with Crippen LogP contribution in [0.15, 0.2) is 0 Å². The lowest BCUT2D eigenvalue weighted by atomic mass is 10.1. The first-order chi connectivity index (χ1) is 5.27. The molecule has 0 spiro atoms. The summed E-state index contributed by atoms with van der Waals surface area (Å²) in [4.78, 5) is 0. The number of hydrogen-bond donors (Lipinski definition) is 1. The minimum Gasteiger partial charge on any atom is -0.333 e. The van der Waals surface area contributed by atoms with Crippen molar-refractivity contribution in [2.75, 3.05) is 7.05 Å². The fraction of sp³-hybridized carbons (Fsp3) is 1.00. The Labute approximate surface area is 72.4 Å². The van der Waals surface area contributed by atoms with Crippen molar-refractivity contribution < 1.29 is 0 Å². The summed E-state index contributed by atoms with van der Waals surface area (Å²) in [6.45, 7) is 6.85. The molecule has 1 nitrogen and oxygen atoms in total. The molecule has 2 N–H and O–H groups in total. The van der Waals surface area contributed by atoms with Crippen molar-refractivity contribution in [3.8, 4) is 0 Å². The quantitative estimate of drug-likeness (QED) is 0.613. The van der Waals surface area contributed by atoms with Crippen LogP contribution in [0.1, 0.15) is 52.9 Å². The molecule has 0 aromatic rings. The topological polar surface area (TPSA) is 26.0 Å². The van der Waals surface area contributed by atoms with Gasteiger partial charge in [0.2, 0.25) is 0 Å². The minimum atomic E-state index is 0.904. The van der Waals surface area contributed by atoms with E-state index in [1.807, 2.05) is 0 Å². The maximum Gasteiger partial charge on any atom is -0.0195 e. The van der Waals surface area contributed by atoms with Crippen LogP contribution in [0, 0.1) is 5.92 Å². The molecule has 0 aliphatic heterocycles. The van der Waals surface area contributed by atoms with E-state index in [9.17, 15) is 0 Å². The molecule has 0 radical (unpaired) electrons. The highest BCUT2D eigenvalue weighted by Gasteiger charge is 1.91. The van der Waals surface area contributed by atoms with Crippen molar-refractivity contribution in [1.29, 1.82) is 0 Å². The van der Waals surface area contributed by atoms with Crippen molar-refractivity contribution in [3.63, 3.8) is 0 Å². The zero-order chi connectivity index (χ0) is 9.11. The molecule has 0 saturated heterocycles. The molecule has 0 bridgehead atoms. The number of hydrogen-bond acceptors (Lipinski definition) is 1. The molecular formula is C10H25N. The lowest BCUT2D eigenvalue weighted by Gasteiger charge is -2.01. The summed E-state index contributed by atoms with van der Waals surface area (Å²) >= 11 is 0. The molecule has 0 aliphatic rings. The third kappa shape index (κ3) is 17.8. The Morgan fingerprint density at radius 1 is 1.00 bits per heavy atom. The van der Waals surface area contributed by atoms with Crippen LogP contribution in [0.4, 0.5) is 0 Å². The van der Waals surface area contributed by atoms with Crippen LogP contribution in [0.5, 0.6) is 0 Å². The minimum absolute atomic E-state index is 0.904. The zero-order valence-electron chi connectivity index (χ0n) is 8.69. The van der Waals surface area contributed by atoms with E-state index in [2.05, 4.69) is 26.5 Å². The highest BCUT2D eigenvalue weighted by Crippen LogP contribution is 2.08. The fourth-order valence-corrected chi connectivity index (χ4v) is 0.979. The molecule has 0 aliphatic carbocycles. The van der Waals surface area contributed by atoms with Crippen LogP contribution in [-0.4, -0.2) is 7.05 Å². The Morgan fingerprint density at radius 3 is 1.91 bits per heavy atom. The highest BCUT2D eigenvalue weighted by molar-refractivity contribution is 4.45. The summed E-state index contributed by atoms with van der Waals surface area (Å²) in [6.07, 6.45) is 7.07. The summed E-state index contributed by atoms with van der Waals surface area (Å²) in [5.74, 6) is 0.904. The molecule has 0 unspecified atom stereocenters. The summed E-state index contributed by atoms with van der Waals surface area (Å²) in [5, 5.41) is 0. The Hall–Kier alpha value is -0.0400. The van der Waals surface area contributed by atoms with E-state index in [1.165, 1.54) is 39.2 Å². The Bertz CT molecular complexity index is 50.8. The van der Waals surface area contributed by atoms with Gasteiger partial charge in [0.15, 0.2) is 0 Å². The van der Waals surface area contributed by atoms with E-state index in [1.54, 1.807) is 0 Å². The average Bonchev–Trinajstić information content (AvgIpc) is 2.02. The summed E-state index contributed by atoms with van der Waals surface area (Å²) < 4.78 is 0. The van der Waals surface area contributed by atoms with E-state index >= 15 is 0 Å². The van der Waals surface area contributed by atoms with E-state index in [0.29, 0.717) is 0 Å². The van der Waals surface area contributed by atoms with E-state index in [-0.39, 0.29) is 0 Å². The van der Waals surface area contributed by atoms with Gasteiger partial charge >= 0.3 is 0 Å². The Balaban J connectivity index is 0. The maximum absolute atomic E-state index is 4.50. The Kier molecular flexibility index (Phi) is 15.5. The lowest BCUT2D eigenvalue weighted by molar-refractivity contribution is 0.525. The van der Waals surface area contributed by atoms with Crippen LogP contribution in [-0.2, 0) is 0 Å². The van der Waals surface area contributed by atoms with E-state index < -0.39 is 0 Å². The van der Waals surface area contributed by atoms with Gasteiger partial charge in [-0.2, -0.15) is 0 Å². The third-order valence-electron chi connectivity index (χ3n) is 1.64. The second-order valence-electron chi connectivity index (χ2n) is 3.24. The first-order valence-corrected chi connectivity index (χ1v) is 4.85. The average molecular weight is 159 g/mol. The van der Waals surface area contributed by atoms with Crippen LogP contribution >= 0.6 is 0 Å². The van der Waals surface area contributed by atoms with Crippen molar-refractivity contribution in [2.24, 2.45) is 11.7 Å². The molecule has 0 fully saturated rings. The maximum atomic E-state index is 4.50. The molecular weight excluding hydrogens is 134 g/mol. The molecule has 0 heterocycles. The molecule has 70 valence electrons. The van der Waals surface area contributed by atoms with Crippen LogP contribution in [0.3, 0.4) is 0 Å². The van der Waals surface area contributed by atoms with Crippen molar-refractivity contribution in [1.82, 2.24) is 0 Å². The smallest absolute Gasteiger partial charge is 0.0195 e. The Morgan fingerprint density at radius 2 is 1.55 bits per heavy atom. The second kappa shape index (κ2) is 12.6. The molecule has 0 amide bonds. The van der Waals surface area contributed by atoms with Crippen molar-refractivity contribution >= 4 is 0 Å². The standard InChI is InChI=1S/C9H20.CH5N/c1-4-5-6-7-8-9(2)3;1-2/h9H,4-8H2,1-3H3;2H2,1H3. The van der Waals surface area contributed by atoms with Gasteiger partial charge in [-0.25, -0.2) is 0 Å². The summed E-state index contributed by atoms with van der Waals surface area (Å²) in [5.41, 5.74) is 4.50.